The summed E-state index contributed by atoms with van der Waals surface area (Å²) in [6.07, 6.45) is 1.59. The normalized spacial score (nSPS) is 17.6. The third-order valence-corrected chi connectivity index (χ3v) is 6.65. The highest BCUT2D eigenvalue weighted by Crippen LogP contribution is 2.47. The monoisotopic (exact) mass is 561 g/mol. The van der Waals surface area contributed by atoms with Gasteiger partial charge in [0.15, 0.2) is 17.3 Å². The molecule has 2 aromatic carbocycles. The molecule has 0 saturated carbocycles. The van der Waals surface area contributed by atoms with Gasteiger partial charge in [0.05, 0.1) is 24.1 Å². The minimum atomic E-state index is -0.753. The highest BCUT2D eigenvalue weighted by atomic mass is 79.9. The number of nitrogens with two attached hydrogens (primary N) is 1. The number of allylic oxidation sites excluding steroid dienone is 2. The predicted molar refractivity (Wildman–Crippen MR) is 134 cm³/mol. The van der Waals surface area contributed by atoms with Gasteiger partial charge in [-0.05, 0) is 64.7 Å². The third kappa shape index (κ3) is 5.18. The van der Waals surface area contributed by atoms with E-state index in [1.807, 2.05) is 25.1 Å². The average molecular weight is 563 g/mol. The Balaban J connectivity index is 1.79. The Morgan fingerprint density at radius 3 is 2.74 bits per heavy atom. The van der Waals surface area contributed by atoms with Crippen molar-refractivity contribution in [2.45, 2.75) is 38.7 Å². The molecule has 0 unspecified atom stereocenters. The molecule has 2 aromatic rings. The molecule has 0 spiro atoms. The molecule has 0 bridgehead atoms. The number of esters is 1. The molecule has 184 valence electrons. The Morgan fingerprint density at radius 1 is 1.23 bits per heavy atom. The zero-order valence-electron chi connectivity index (χ0n) is 19.4. The number of halogens is 2. The van der Waals surface area contributed by atoms with Gasteiger partial charge >= 0.3 is 5.97 Å². The van der Waals surface area contributed by atoms with Crippen molar-refractivity contribution in [3.63, 3.8) is 0 Å². The van der Waals surface area contributed by atoms with E-state index in [0.29, 0.717) is 63.8 Å². The highest BCUT2D eigenvalue weighted by molar-refractivity contribution is 9.10. The fourth-order valence-electron chi connectivity index (χ4n) is 4.34. The van der Waals surface area contributed by atoms with Crippen LogP contribution in [0.2, 0.25) is 5.02 Å². The number of Topliss-reactive ketones (excluding diaryl/α,β-unsaturated/α-hetero) is 1. The van der Waals surface area contributed by atoms with E-state index in [2.05, 4.69) is 15.9 Å². The van der Waals surface area contributed by atoms with Crippen LogP contribution in [0.15, 0.2) is 63.7 Å². The standard InChI is InChI=1S/C26H25BrClNO6/c1-3-33-20-12-15(11-17(27)24(20)34-13-14-6-4-7-16(28)10-14)21-22-18(30)8-5-9-19(22)35-25(29)23(21)26(31)32-2/h4,6-7,10-12,21H,3,5,8-9,13,29H2,1-2H3/t21-/m0/s1. The van der Waals surface area contributed by atoms with Crippen molar-refractivity contribution in [2.24, 2.45) is 5.73 Å². The van der Waals surface area contributed by atoms with E-state index in [-0.39, 0.29) is 23.8 Å². The van der Waals surface area contributed by atoms with Crippen molar-refractivity contribution in [1.82, 2.24) is 0 Å². The lowest BCUT2D eigenvalue weighted by Gasteiger charge is -2.32. The van der Waals surface area contributed by atoms with Gasteiger partial charge < -0.3 is 24.7 Å². The van der Waals surface area contributed by atoms with Gasteiger partial charge in [0.1, 0.15) is 17.9 Å². The third-order valence-electron chi connectivity index (χ3n) is 5.83. The highest BCUT2D eigenvalue weighted by Gasteiger charge is 2.41. The summed E-state index contributed by atoms with van der Waals surface area (Å²) < 4.78 is 23.3. The molecule has 0 saturated heterocycles. The summed E-state index contributed by atoms with van der Waals surface area (Å²) >= 11 is 9.68. The van der Waals surface area contributed by atoms with E-state index in [9.17, 15) is 9.59 Å². The lowest BCUT2D eigenvalue weighted by molar-refractivity contribution is -0.136. The van der Waals surface area contributed by atoms with E-state index >= 15 is 0 Å². The van der Waals surface area contributed by atoms with Crippen LogP contribution in [0.1, 0.15) is 43.2 Å². The summed E-state index contributed by atoms with van der Waals surface area (Å²) in [6, 6.07) is 10.9. The second kappa shape index (κ2) is 10.7. The maximum atomic E-state index is 13.0. The first-order valence-corrected chi connectivity index (χ1v) is 12.4. The molecule has 0 aromatic heterocycles. The maximum Gasteiger partial charge on any atom is 0.340 e. The fraction of sp³-hybridized carbons (Fsp3) is 0.308. The average Bonchev–Trinajstić information content (AvgIpc) is 2.82. The first-order valence-electron chi connectivity index (χ1n) is 11.2. The molecule has 1 heterocycles. The van der Waals surface area contributed by atoms with Crippen LogP contribution in [-0.4, -0.2) is 25.5 Å². The molecule has 1 atom stereocenters. The van der Waals surface area contributed by atoms with Crippen LogP contribution < -0.4 is 15.2 Å². The van der Waals surface area contributed by atoms with E-state index < -0.39 is 11.9 Å². The van der Waals surface area contributed by atoms with Crippen molar-refractivity contribution in [1.29, 1.82) is 0 Å². The molecular formula is C26H25BrClNO6. The quantitative estimate of drug-likeness (QED) is 0.442. The molecule has 2 N–H and O–H groups in total. The molecule has 9 heteroatoms. The first kappa shape index (κ1) is 25.1. The topological polar surface area (TPSA) is 97.1 Å². The van der Waals surface area contributed by atoms with Crippen LogP contribution in [0.4, 0.5) is 0 Å². The number of ether oxygens (including phenoxy) is 4. The Kier molecular flexibility index (Phi) is 7.72. The zero-order valence-corrected chi connectivity index (χ0v) is 21.7. The molecule has 0 radical (unpaired) electrons. The largest absolute Gasteiger partial charge is 0.490 e. The number of methoxy groups -OCH3 is 1. The Labute approximate surface area is 216 Å². The van der Waals surface area contributed by atoms with E-state index in [1.165, 1.54) is 7.11 Å². The lowest BCUT2D eigenvalue weighted by atomic mass is 9.77. The van der Waals surface area contributed by atoms with Crippen molar-refractivity contribution in [3.05, 3.63) is 79.8 Å². The van der Waals surface area contributed by atoms with Gasteiger partial charge in [0, 0.05) is 23.4 Å². The molecule has 2 aliphatic rings. The Morgan fingerprint density at radius 2 is 2.03 bits per heavy atom. The van der Waals surface area contributed by atoms with Crippen LogP contribution in [0.5, 0.6) is 11.5 Å². The Hall–Kier alpha value is -2.97. The second-order valence-corrected chi connectivity index (χ2v) is 9.39. The lowest BCUT2D eigenvalue weighted by Crippen LogP contribution is -2.31. The molecule has 7 nitrogen and oxygen atoms in total. The predicted octanol–water partition coefficient (Wildman–Crippen LogP) is 5.54. The molecule has 0 amide bonds. The van der Waals surface area contributed by atoms with Crippen molar-refractivity contribution >= 4 is 39.3 Å². The first-order chi connectivity index (χ1) is 16.8. The van der Waals surface area contributed by atoms with Gasteiger partial charge in [-0.25, -0.2) is 4.79 Å². The fourth-order valence-corrected chi connectivity index (χ4v) is 5.13. The number of rotatable bonds is 7. The van der Waals surface area contributed by atoms with Gasteiger partial charge in [0.2, 0.25) is 5.88 Å². The maximum absolute atomic E-state index is 13.0. The number of ketones is 1. The molecule has 35 heavy (non-hydrogen) atoms. The minimum Gasteiger partial charge on any atom is -0.490 e. The van der Waals surface area contributed by atoms with Gasteiger partial charge in [-0.1, -0.05) is 23.7 Å². The summed E-state index contributed by atoms with van der Waals surface area (Å²) in [7, 11) is 1.26. The Bertz CT molecular complexity index is 1240. The number of hydrogen-bond donors (Lipinski definition) is 1. The van der Waals surface area contributed by atoms with E-state index in [1.54, 1.807) is 18.2 Å². The van der Waals surface area contributed by atoms with Gasteiger partial charge in [0.25, 0.3) is 0 Å². The van der Waals surface area contributed by atoms with Crippen LogP contribution in [-0.2, 0) is 25.7 Å². The van der Waals surface area contributed by atoms with Crippen LogP contribution in [0.25, 0.3) is 0 Å². The summed E-state index contributed by atoms with van der Waals surface area (Å²) in [5.74, 6) is -0.121. The van der Waals surface area contributed by atoms with Gasteiger partial charge in [-0.2, -0.15) is 0 Å². The molecule has 0 fully saturated rings. The zero-order chi connectivity index (χ0) is 25.1. The summed E-state index contributed by atoms with van der Waals surface area (Å²) in [6.45, 7) is 2.51. The number of carbonyl (C=O) groups is 2. The SMILES string of the molecule is CCOc1cc([C@@H]2C(C(=O)OC)=C(N)OC3=C2C(=O)CCC3)cc(Br)c1OCc1cccc(Cl)c1. The van der Waals surface area contributed by atoms with Crippen LogP contribution in [0.3, 0.4) is 0 Å². The molecule has 1 aliphatic carbocycles. The smallest absolute Gasteiger partial charge is 0.340 e. The summed E-state index contributed by atoms with van der Waals surface area (Å²) in [4.78, 5) is 25.7. The summed E-state index contributed by atoms with van der Waals surface area (Å²) in [5, 5.41) is 0.617. The number of hydrogen-bond acceptors (Lipinski definition) is 7. The minimum absolute atomic E-state index is 0.0642. The number of benzene rings is 2. The van der Waals surface area contributed by atoms with Crippen LogP contribution >= 0.6 is 27.5 Å². The van der Waals surface area contributed by atoms with Gasteiger partial charge in [-0.15, -0.1) is 0 Å². The molecule has 4 rings (SSSR count). The van der Waals surface area contributed by atoms with Crippen molar-refractivity contribution in [3.8, 4) is 11.5 Å². The van der Waals surface area contributed by atoms with E-state index in [4.69, 9.17) is 36.3 Å². The van der Waals surface area contributed by atoms with Crippen molar-refractivity contribution < 1.29 is 28.5 Å². The molecular weight excluding hydrogens is 538 g/mol. The number of carbonyl (C=O) groups excluding carboxylic acids is 2. The van der Waals surface area contributed by atoms with E-state index in [0.717, 1.165) is 5.56 Å². The van der Waals surface area contributed by atoms with Crippen LogP contribution in [0, 0.1) is 0 Å². The second-order valence-electron chi connectivity index (χ2n) is 8.10. The van der Waals surface area contributed by atoms with Gasteiger partial charge in [-0.3, -0.25) is 4.79 Å². The summed E-state index contributed by atoms with van der Waals surface area (Å²) in [5.41, 5.74) is 8.19. The molecule has 1 aliphatic heterocycles. The van der Waals surface area contributed by atoms with Crippen molar-refractivity contribution in [2.75, 3.05) is 13.7 Å².